The number of aryl methyl sites for hydroxylation is 1. The van der Waals surface area contributed by atoms with Crippen molar-refractivity contribution in [1.82, 2.24) is 15.0 Å². The van der Waals surface area contributed by atoms with Crippen LogP contribution in [0, 0.1) is 6.92 Å². The number of nitrogens with zero attached hydrogens (tertiary/aromatic N) is 3. The molecule has 4 aromatic heterocycles. The highest BCUT2D eigenvalue weighted by molar-refractivity contribution is 6.08. The molecule has 4 heterocycles. The van der Waals surface area contributed by atoms with Gasteiger partial charge in [-0.1, -0.05) is 115 Å². The van der Waals surface area contributed by atoms with Gasteiger partial charge in [-0.25, -0.2) is 9.97 Å². The number of pyridine rings is 3. The van der Waals surface area contributed by atoms with Crippen molar-refractivity contribution in [3.63, 3.8) is 0 Å². The molecule has 6 aromatic carbocycles. The van der Waals surface area contributed by atoms with Crippen LogP contribution in [-0.4, -0.2) is 22.1 Å². The van der Waals surface area contributed by atoms with Crippen molar-refractivity contribution in [3.05, 3.63) is 182 Å². The number of fused-ring (bicyclic) bond motifs is 4. The van der Waals surface area contributed by atoms with Gasteiger partial charge in [0.05, 0.1) is 24.0 Å². The summed E-state index contributed by atoms with van der Waals surface area (Å²) >= 11 is 0. The molecule has 0 unspecified atom stereocenters. The maximum absolute atomic E-state index is 6.29. The highest BCUT2D eigenvalue weighted by Gasteiger charge is 2.17. The van der Waals surface area contributed by atoms with Gasteiger partial charge in [-0.2, -0.15) is 0 Å². The minimum Gasteiger partial charge on any atom is -0.497 e. The van der Waals surface area contributed by atoms with E-state index in [4.69, 9.17) is 19.1 Å². The van der Waals surface area contributed by atoms with E-state index < -0.39 is 0 Å². The second kappa shape index (κ2) is 13.8. The van der Waals surface area contributed by atoms with E-state index in [0.717, 1.165) is 106 Å². The van der Waals surface area contributed by atoms with Gasteiger partial charge in [-0.15, -0.1) is 0 Å². The summed E-state index contributed by atoms with van der Waals surface area (Å²) in [7, 11) is 1.72. The van der Waals surface area contributed by atoms with Crippen LogP contribution in [0.4, 0.5) is 0 Å². The van der Waals surface area contributed by atoms with Crippen LogP contribution in [0.1, 0.15) is 5.69 Å². The molecular weight excluding hydrogens is 687 g/mol. The topological polar surface area (TPSA) is 61.0 Å². The van der Waals surface area contributed by atoms with Crippen LogP contribution in [0.5, 0.6) is 5.75 Å². The Balaban J connectivity index is 0.999. The number of hydrogen-bond acceptors (Lipinski definition) is 5. The molecule has 0 aliphatic carbocycles. The normalized spacial score (nSPS) is 11.4. The standard InChI is InChI=1S/C51H35N3O2/c1-32-18-25-45-44-15-9-16-46(50(44)56-51(45)53-32)49-27-24-36(31-52-49)41-12-5-7-14-43(41)38-28-37(29-39(30-38)55-2)42-13-6-4-11-40(42)33-19-21-35(22-20-33)48-26-23-34-10-3-8-17-47(34)54-48/h3-31H,1-2H3. The average molecular weight is 722 g/mol. The van der Waals surface area contributed by atoms with Gasteiger partial charge in [0.25, 0.3) is 0 Å². The zero-order valence-electron chi connectivity index (χ0n) is 30.9. The Labute approximate surface area is 324 Å². The number of rotatable bonds is 7. The van der Waals surface area contributed by atoms with E-state index in [1.807, 2.05) is 31.3 Å². The highest BCUT2D eigenvalue weighted by atomic mass is 16.5. The van der Waals surface area contributed by atoms with Crippen LogP contribution in [0.2, 0.25) is 0 Å². The largest absolute Gasteiger partial charge is 0.497 e. The Morgan fingerprint density at radius 1 is 0.464 bits per heavy atom. The van der Waals surface area contributed by atoms with Crippen molar-refractivity contribution < 1.29 is 9.15 Å². The van der Waals surface area contributed by atoms with Crippen molar-refractivity contribution in [3.8, 4) is 72.8 Å². The van der Waals surface area contributed by atoms with Crippen LogP contribution in [0.3, 0.4) is 0 Å². The van der Waals surface area contributed by atoms with E-state index in [9.17, 15) is 0 Å². The fourth-order valence-electron chi connectivity index (χ4n) is 7.73. The minimum absolute atomic E-state index is 0.644. The molecule has 0 saturated carbocycles. The molecule has 0 bridgehead atoms. The van der Waals surface area contributed by atoms with Gasteiger partial charge < -0.3 is 9.15 Å². The Morgan fingerprint density at radius 2 is 1.09 bits per heavy atom. The molecule has 0 amide bonds. The number of furan rings is 1. The minimum atomic E-state index is 0.644. The summed E-state index contributed by atoms with van der Waals surface area (Å²) in [4.78, 5) is 14.5. The second-order valence-electron chi connectivity index (χ2n) is 14.0. The SMILES string of the molecule is COc1cc(-c2ccccc2-c2ccc(-c3ccc4ccccc4n3)cc2)cc(-c2ccccc2-c2ccc(-c3cccc4c3oc3nc(C)ccc34)nc2)c1. The molecule has 5 nitrogen and oxygen atoms in total. The molecule has 0 radical (unpaired) electrons. The summed E-state index contributed by atoms with van der Waals surface area (Å²) in [6.45, 7) is 1.97. The molecule has 0 fully saturated rings. The van der Waals surface area contributed by atoms with E-state index in [0.29, 0.717) is 5.71 Å². The van der Waals surface area contributed by atoms with Gasteiger partial charge in [0.1, 0.15) is 11.3 Å². The van der Waals surface area contributed by atoms with Crippen molar-refractivity contribution in [2.45, 2.75) is 6.92 Å². The summed E-state index contributed by atoms with van der Waals surface area (Å²) < 4.78 is 12.2. The van der Waals surface area contributed by atoms with E-state index in [1.165, 1.54) is 0 Å². The molecule has 266 valence electrons. The Morgan fingerprint density at radius 3 is 1.80 bits per heavy atom. The Hall–Kier alpha value is -7.37. The average Bonchev–Trinajstić information content (AvgIpc) is 3.64. The van der Waals surface area contributed by atoms with Crippen molar-refractivity contribution in [2.75, 3.05) is 7.11 Å². The van der Waals surface area contributed by atoms with Gasteiger partial charge in [-0.05, 0) is 100 Å². The number of hydrogen-bond donors (Lipinski definition) is 0. The molecule has 0 saturated heterocycles. The Bertz CT molecular complexity index is 3070. The molecule has 0 N–H and O–H groups in total. The monoisotopic (exact) mass is 721 g/mol. The summed E-state index contributed by atoms with van der Waals surface area (Å²) in [5, 5.41) is 3.18. The van der Waals surface area contributed by atoms with Gasteiger partial charge >= 0.3 is 0 Å². The third kappa shape index (κ3) is 5.96. The van der Waals surface area contributed by atoms with Crippen LogP contribution in [0.15, 0.2) is 180 Å². The van der Waals surface area contributed by atoms with E-state index in [2.05, 4.69) is 157 Å². The highest BCUT2D eigenvalue weighted by Crippen LogP contribution is 2.41. The zero-order chi connectivity index (χ0) is 37.6. The summed E-state index contributed by atoms with van der Waals surface area (Å²) in [5.41, 5.74) is 15.9. The van der Waals surface area contributed by atoms with E-state index >= 15 is 0 Å². The third-order valence-electron chi connectivity index (χ3n) is 10.6. The smallest absolute Gasteiger partial charge is 0.227 e. The molecule has 0 aliphatic heterocycles. The lowest BCUT2D eigenvalue weighted by atomic mass is 9.90. The summed E-state index contributed by atoms with van der Waals surface area (Å²) in [6, 6.07) is 59.1. The Kier molecular flexibility index (Phi) is 8.19. The second-order valence-corrected chi connectivity index (χ2v) is 14.0. The molecule has 0 aliphatic rings. The first-order valence-corrected chi connectivity index (χ1v) is 18.7. The van der Waals surface area contributed by atoms with E-state index in [1.54, 1.807) is 7.11 Å². The molecular formula is C51H35N3O2. The van der Waals surface area contributed by atoms with Crippen molar-refractivity contribution in [2.24, 2.45) is 0 Å². The molecule has 5 heteroatoms. The lowest BCUT2D eigenvalue weighted by molar-refractivity contribution is 0.415. The summed E-state index contributed by atoms with van der Waals surface area (Å²) in [6.07, 6.45) is 1.95. The van der Waals surface area contributed by atoms with Crippen LogP contribution in [0.25, 0.3) is 100.0 Å². The predicted molar refractivity (Wildman–Crippen MR) is 229 cm³/mol. The van der Waals surface area contributed by atoms with Crippen LogP contribution < -0.4 is 4.74 Å². The lowest BCUT2D eigenvalue weighted by Gasteiger charge is -2.16. The molecule has 10 aromatic rings. The first-order chi connectivity index (χ1) is 27.6. The van der Waals surface area contributed by atoms with Crippen LogP contribution >= 0.6 is 0 Å². The fourth-order valence-corrected chi connectivity index (χ4v) is 7.73. The van der Waals surface area contributed by atoms with Crippen molar-refractivity contribution >= 4 is 33.0 Å². The maximum atomic E-state index is 6.29. The third-order valence-corrected chi connectivity index (χ3v) is 10.6. The predicted octanol–water partition coefficient (Wildman–Crippen LogP) is 13.2. The first kappa shape index (κ1) is 33.2. The van der Waals surface area contributed by atoms with Crippen molar-refractivity contribution in [1.29, 1.82) is 0 Å². The lowest BCUT2D eigenvalue weighted by Crippen LogP contribution is -1.92. The molecule has 10 rings (SSSR count). The molecule has 56 heavy (non-hydrogen) atoms. The van der Waals surface area contributed by atoms with Gasteiger partial charge in [0.2, 0.25) is 5.71 Å². The van der Waals surface area contributed by atoms with Gasteiger partial charge in [0, 0.05) is 44.7 Å². The number of para-hydroxylation sites is 2. The van der Waals surface area contributed by atoms with Crippen LogP contribution in [-0.2, 0) is 0 Å². The zero-order valence-corrected chi connectivity index (χ0v) is 30.9. The first-order valence-electron chi connectivity index (χ1n) is 18.7. The fraction of sp³-hybridized carbons (Fsp3) is 0.0392. The molecule has 0 spiro atoms. The number of aromatic nitrogens is 3. The molecule has 0 atom stereocenters. The number of methoxy groups -OCH3 is 1. The number of ether oxygens (including phenoxy) is 1. The maximum Gasteiger partial charge on any atom is 0.227 e. The van der Waals surface area contributed by atoms with Gasteiger partial charge in [-0.3, -0.25) is 4.98 Å². The van der Waals surface area contributed by atoms with Gasteiger partial charge in [0.15, 0.2) is 0 Å². The quantitative estimate of drug-likeness (QED) is 0.164. The van der Waals surface area contributed by atoms with E-state index in [-0.39, 0.29) is 0 Å². The number of benzene rings is 6. The summed E-state index contributed by atoms with van der Waals surface area (Å²) in [5.74, 6) is 0.789.